The van der Waals surface area contributed by atoms with E-state index in [1.165, 1.54) is 65.7 Å². The van der Waals surface area contributed by atoms with Gasteiger partial charge in [-0.2, -0.15) is 0 Å². The fraction of sp³-hybridized carbons (Fsp3) is 0. The van der Waals surface area contributed by atoms with E-state index in [9.17, 15) is 0 Å². The number of benzene rings is 11. The molecule has 0 fully saturated rings. The first kappa shape index (κ1) is 39.1. The van der Waals surface area contributed by atoms with Gasteiger partial charge in [0.05, 0.1) is 6.57 Å². The van der Waals surface area contributed by atoms with Crippen molar-refractivity contribution in [1.82, 2.24) is 15.0 Å². The van der Waals surface area contributed by atoms with E-state index in [0.717, 1.165) is 50.1 Å². The van der Waals surface area contributed by atoms with Crippen LogP contribution in [0.1, 0.15) is 0 Å². The van der Waals surface area contributed by atoms with E-state index in [-0.39, 0.29) is 0 Å². The second-order valence-corrected chi connectivity index (χ2v) is 17.3. The number of aromatic nitrogens is 3. The Morgan fingerprint density at radius 1 is 0.265 bits per heavy atom. The summed E-state index contributed by atoms with van der Waals surface area (Å²) in [5, 5.41) is 7.52. The molecule has 68 heavy (non-hydrogen) atoms. The summed E-state index contributed by atoms with van der Waals surface area (Å²) in [4.78, 5) is 19.6. The van der Waals surface area contributed by atoms with Crippen molar-refractivity contribution in [3.05, 3.63) is 242 Å². The Labute approximate surface area is 394 Å². The molecule has 0 atom stereocenters. The molecule has 13 rings (SSSR count). The predicted molar refractivity (Wildman–Crippen MR) is 281 cm³/mol. The van der Waals surface area contributed by atoms with Gasteiger partial charge in [0.1, 0.15) is 0 Å². The first-order valence-corrected chi connectivity index (χ1v) is 22.9. The number of hydrogen-bond donors (Lipinski definition) is 0. The maximum Gasteiger partial charge on any atom is 0.195 e. The molecule has 4 heteroatoms. The summed E-state index contributed by atoms with van der Waals surface area (Å²) in [6, 6.07) is 80.9. The number of rotatable bonds is 7. The van der Waals surface area contributed by atoms with E-state index in [1.54, 1.807) is 0 Å². The SMILES string of the molecule is [C-]#[N+]c1cc(-c2ccccc2-c2ccc(-c3cccc4c3ccc3ccccc34)cc2)ccc1-c1ccccc1-c1nc(-c2ccccc2)nc(-c2ccc3c(c2)-c2cccc4cccc-3c24)n1. The molecule has 0 saturated carbocycles. The highest BCUT2D eigenvalue weighted by molar-refractivity contribution is 6.16. The lowest BCUT2D eigenvalue weighted by Crippen LogP contribution is -2.01. The molecule has 0 aliphatic heterocycles. The van der Waals surface area contributed by atoms with Gasteiger partial charge in [-0.3, -0.25) is 0 Å². The second-order valence-electron chi connectivity index (χ2n) is 17.3. The molecule has 1 aromatic heterocycles. The van der Waals surface area contributed by atoms with Crippen LogP contribution in [0.3, 0.4) is 0 Å². The van der Waals surface area contributed by atoms with E-state index >= 15 is 0 Å². The molecule has 4 nitrogen and oxygen atoms in total. The third kappa shape index (κ3) is 6.48. The standard InChI is InChI=1S/C64H38N4/c1-65-60-39-45(50-21-8-7-19-47(50)41-28-30-42(31-29-41)49-24-13-25-51-48-20-6-5-14-40(48)32-35-53(49)51)33-37-55(60)52-22-9-10-23-58(52)64-67-62(44-15-3-2-4-16-44)66-63(68-64)46-34-36-54-56-26-11-17-43-18-12-27-57(61(43)56)59(54)38-46/h2-39H. The van der Waals surface area contributed by atoms with Crippen LogP contribution in [0.25, 0.3) is 138 Å². The van der Waals surface area contributed by atoms with Crippen molar-refractivity contribution in [3.8, 4) is 101 Å². The highest BCUT2D eigenvalue weighted by Crippen LogP contribution is 2.48. The first-order chi connectivity index (χ1) is 33.7. The van der Waals surface area contributed by atoms with Crippen LogP contribution in [0.5, 0.6) is 0 Å². The first-order valence-electron chi connectivity index (χ1n) is 22.9. The monoisotopic (exact) mass is 862 g/mol. The molecule has 12 aromatic rings. The van der Waals surface area contributed by atoms with Gasteiger partial charge >= 0.3 is 0 Å². The maximum atomic E-state index is 8.52. The lowest BCUT2D eigenvalue weighted by molar-refractivity contribution is 1.07. The molecule has 0 N–H and O–H groups in total. The molecular weight excluding hydrogens is 825 g/mol. The van der Waals surface area contributed by atoms with Crippen LogP contribution in [0.2, 0.25) is 0 Å². The average molecular weight is 863 g/mol. The van der Waals surface area contributed by atoms with Crippen LogP contribution >= 0.6 is 0 Å². The normalized spacial score (nSPS) is 11.5. The number of hydrogen-bond acceptors (Lipinski definition) is 3. The fourth-order valence-corrected chi connectivity index (χ4v) is 10.3. The van der Waals surface area contributed by atoms with Crippen molar-refractivity contribution in [1.29, 1.82) is 0 Å². The maximum absolute atomic E-state index is 8.52. The Balaban J connectivity index is 0.875. The number of fused-ring (bicyclic) bond motifs is 6. The highest BCUT2D eigenvalue weighted by Gasteiger charge is 2.23. The summed E-state index contributed by atoms with van der Waals surface area (Å²) >= 11 is 0. The molecule has 0 saturated heterocycles. The van der Waals surface area contributed by atoms with Crippen molar-refractivity contribution in [3.63, 3.8) is 0 Å². The van der Waals surface area contributed by atoms with Crippen LogP contribution in [0.4, 0.5) is 5.69 Å². The molecule has 0 unspecified atom stereocenters. The van der Waals surface area contributed by atoms with Crippen LogP contribution in [-0.2, 0) is 0 Å². The van der Waals surface area contributed by atoms with Crippen LogP contribution in [-0.4, -0.2) is 15.0 Å². The van der Waals surface area contributed by atoms with Gasteiger partial charge in [-0.05, 0) is 111 Å². The fourth-order valence-electron chi connectivity index (χ4n) is 10.3. The molecular formula is C64H38N4. The minimum atomic E-state index is 0.543. The quantitative estimate of drug-likeness (QED) is 0.118. The zero-order valence-corrected chi connectivity index (χ0v) is 36.7. The largest absolute Gasteiger partial charge is 0.237 e. The highest BCUT2D eigenvalue weighted by atomic mass is 15.0. The molecule has 1 aliphatic rings. The Bertz CT molecular complexity index is 4030. The molecule has 314 valence electrons. The van der Waals surface area contributed by atoms with Gasteiger partial charge in [0, 0.05) is 16.7 Å². The molecule has 11 aromatic carbocycles. The van der Waals surface area contributed by atoms with E-state index in [4.69, 9.17) is 21.5 Å². The van der Waals surface area contributed by atoms with E-state index < -0.39 is 0 Å². The Kier molecular flexibility index (Phi) is 9.20. The van der Waals surface area contributed by atoms with E-state index in [0.29, 0.717) is 23.2 Å². The van der Waals surface area contributed by atoms with E-state index in [1.807, 2.05) is 54.6 Å². The van der Waals surface area contributed by atoms with Gasteiger partial charge in [-0.25, -0.2) is 19.8 Å². The van der Waals surface area contributed by atoms with Gasteiger partial charge in [0.15, 0.2) is 23.2 Å². The van der Waals surface area contributed by atoms with Crippen molar-refractivity contribution < 1.29 is 0 Å². The van der Waals surface area contributed by atoms with Crippen molar-refractivity contribution >= 4 is 38.0 Å². The summed E-state index contributed by atoms with van der Waals surface area (Å²) < 4.78 is 0. The Hall–Kier alpha value is -9.30. The minimum Gasteiger partial charge on any atom is -0.237 e. The lowest BCUT2D eigenvalue weighted by atomic mass is 9.90. The summed E-state index contributed by atoms with van der Waals surface area (Å²) in [7, 11) is 0. The van der Waals surface area contributed by atoms with Crippen molar-refractivity contribution in [2.45, 2.75) is 0 Å². The third-order valence-corrected chi connectivity index (χ3v) is 13.5. The van der Waals surface area contributed by atoms with Crippen molar-refractivity contribution in [2.75, 3.05) is 0 Å². The van der Waals surface area contributed by atoms with Crippen LogP contribution in [0.15, 0.2) is 231 Å². The van der Waals surface area contributed by atoms with Gasteiger partial charge in [-0.15, -0.1) is 0 Å². The zero-order valence-electron chi connectivity index (χ0n) is 36.7. The summed E-state index contributed by atoms with van der Waals surface area (Å²) in [6.45, 7) is 8.52. The van der Waals surface area contributed by atoms with Gasteiger partial charge in [0.25, 0.3) is 0 Å². The Morgan fingerprint density at radius 3 is 1.56 bits per heavy atom. The van der Waals surface area contributed by atoms with Crippen LogP contribution < -0.4 is 0 Å². The smallest absolute Gasteiger partial charge is 0.195 e. The van der Waals surface area contributed by atoms with Gasteiger partial charge in [-0.1, -0.05) is 218 Å². The molecule has 0 spiro atoms. The van der Waals surface area contributed by atoms with Gasteiger partial charge in [0.2, 0.25) is 0 Å². The predicted octanol–water partition coefficient (Wildman–Crippen LogP) is 17.2. The van der Waals surface area contributed by atoms with Crippen molar-refractivity contribution in [2.24, 2.45) is 0 Å². The van der Waals surface area contributed by atoms with E-state index in [2.05, 4.69) is 181 Å². The third-order valence-electron chi connectivity index (χ3n) is 13.5. The minimum absolute atomic E-state index is 0.543. The molecule has 0 amide bonds. The summed E-state index contributed by atoms with van der Waals surface area (Å²) in [5.74, 6) is 1.72. The van der Waals surface area contributed by atoms with Gasteiger partial charge < -0.3 is 0 Å². The molecule has 0 bridgehead atoms. The topological polar surface area (TPSA) is 43.0 Å². The zero-order chi connectivity index (χ0) is 45.1. The molecule has 0 radical (unpaired) electrons. The Morgan fingerprint density at radius 2 is 0.779 bits per heavy atom. The molecule has 1 aliphatic carbocycles. The summed E-state index contributed by atoms with van der Waals surface area (Å²) in [6.07, 6.45) is 0. The summed E-state index contributed by atoms with van der Waals surface area (Å²) in [5.41, 5.74) is 16.4. The lowest BCUT2D eigenvalue weighted by Gasteiger charge is -2.15. The average Bonchev–Trinajstić information content (AvgIpc) is 3.74. The molecule has 1 heterocycles. The second kappa shape index (κ2) is 16.0. The van der Waals surface area contributed by atoms with Crippen LogP contribution in [0, 0.1) is 6.57 Å². The number of nitrogens with zero attached hydrogens (tertiary/aromatic N) is 4.